The topological polar surface area (TPSA) is 58.4 Å². The summed E-state index contributed by atoms with van der Waals surface area (Å²) in [7, 11) is 2.08. The Morgan fingerprint density at radius 3 is 2.53 bits per heavy atom. The van der Waals surface area contributed by atoms with Crippen molar-refractivity contribution >= 4 is 5.69 Å². The summed E-state index contributed by atoms with van der Waals surface area (Å²) in [6.07, 6.45) is 0. The average molecular weight is 237 g/mol. The number of nitro groups is 1. The second kappa shape index (κ2) is 6.98. The number of rotatable bonds is 7. The van der Waals surface area contributed by atoms with Crippen LogP contribution in [-0.4, -0.2) is 36.5 Å². The van der Waals surface area contributed by atoms with E-state index in [1.807, 2.05) is 0 Å². The lowest BCUT2D eigenvalue weighted by Crippen LogP contribution is -2.28. The van der Waals surface area contributed by atoms with Gasteiger partial charge in [-0.1, -0.05) is 19.1 Å². The van der Waals surface area contributed by atoms with E-state index in [4.69, 9.17) is 0 Å². The number of hydrogen-bond acceptors (Lipinski definition) is 4. The second-order valence-corrected chi connectivity index (χ2v) is 4.00. The van der Waals surface area contributed by atoms with E-state index >= 15 is 0 Å². The Balaban J connectivity index is 2.30. The zero-order valence-corrected chi connectivity index (χ0v) is 10.3. The minimum absolute atomic E-state index is 0.138. The molecule has 1 aromatic carbocycles. The summed E-state index contributed by atoms with van der Waals surface area (Å²) in [4.78, 5) is 12.3. The Labute approximate surface area is 102 Å². The van der Waals surface area contributed by atoms with Crippen molar-refractivity contribution in [3.63, 3.8) is 0 Å². The fraction of sp³-hybridized carbons (Fsp3) is 0.500. The zero-order chi connectivity index (χ0) is 12.7. The molecule has 0 aliphatic carbocycles. The summed E-state index contributed by atoms with van der Waals surface area (Å²) >= 11 is 0. The summed E-state index contributed by atoms with van der Waals surface area (Å²) in [5.74, 6) is 0. The lowest BCUT2D eigenvalue weighted by atomic mass is 10.2. The molecule has 0 unspecified atom stereocenters. The van der Waals surface area contributed by atoms with Crippen molar-refractivity contribution in [1.29, 1.82) is 0 Å². The first-order valence-corrected chi connectivity index (χ1v) is 5.76. The van der Waals surface area contributed by atoms with Gasteiger partial charge < -0.3 is 10.2 Å². The molecule has 1 N–H and O–H groups in total. The quantitative estimate of drug-likeness (QED) is 0.445. The van der Waals surface area contributed by atoms with Gasteiger partial charge in [-0.05, 0) is 19.2 Å². The average Bonchev–Trinajstić information content (AvgIpc) is 2.34. The van der Waals surface area contributed by atoms with Crippen LogP contribution in [0.2, 0.25) is 0 Å². The summed E-state index contributed by atoms with van der Waals surface area (Å²) in [5.41, 5.74) is 1.20. The summed E-state index contributed by atoms with van der Waals surface area (Å²) in [5, 5.41) is 13.8. The Kier molecular flexibility index (Phi) is 5.59. The lowest BCUT2D eigenvalue weighted by molar-refractivity contribution is -0.384. The summed E-state index contributed by atoms with van der Waals surface area (Å²) in [6.45, 7) is 5.83. The van der Waals surface area contributed by atoms with Gasteiger partial charge in [0.1, 0.15) is 0 Å². The minimum atomic E-state index is -0.382. The van der Waals surface area contributed by atoms with Gasteiger partial charge in [0.15, 0.2) is 0 Å². The molecule has 17 heavy (non-hydrogen) atoms. The highest BCUT2D eigenvalue weighted by Crippen LogP contribution is 2.11. The van der Waals surface area contributed by atoms with Crippen LogP contribution in [0.15, 0.2) is 24.3 Å². The van der Waals surface area contributed by atoms with Crippen molar-refractivity contribution in [2.75, 3.05) is 26.7 Å². The van der Waals surface area contributed by atoms with Gasteiger partial charge >= 0.3 is 0 Å². The maximum Gasteiger partial charge on any atom is 0.269 e. The molecule has 0 heterocycles. The monoisotopic (exact) mass is 237 g/mol. The van der Waals surface area contributed by atoms with E-state index in [2.05, 4.69) is 24.2 Å². The molecule has 0 aliphatic rings. The molecular weight excluding hydrogens is 218 g/mol. The van der Waals surface area contributed by atoms with Crippen LogP contribution in [-0.2, 0) is 6.54 Å². The van der Waals surface area contributed by atoms with E-state index in [9.17, 15) is 10.1 Å². The highest BCUT2D eigenvalue weighted by molar-refractivity contribution is 5.32. The first-order chi connectivity index (χ1) is 8.13. The maximum absolute atomic E-state index is 10.5. The number of non-ortho nitro benzene ring substituents is 1. The molecule has 0 aromatic heterocycles. The fourth-order valence-electron chi connectivity index (χ4n) is 1.40. The molecule has 0 saturated carbocycles. The van der Waals surface area contributed by atoms with Crippen molar-refractivity contribution in [2.24, 2.45) is 0 Å². The molecule has 1 rings (SSSR count). The standard InChI is InChI=1S/C12H19N3O2/c1-3-14(2)9-8-13-10-11-4-6-12(7-5-11)15(16)17/h4-7,13H,3,8-10H2,1-2H3. The Bertz CT molecular complexity index is 351. The third kappa shape index (κ3) is 4.93. The van der Waals surface area contributed by atoms with Crippen LogP contribution in [0, 0.1) is 10.1 Å². The highest BCUT2D eigenvalue weighted by Gasteiger charge is 2.03. The molecule has 0 saturated heterocycles. The molecule has 0 aliphatic heterocycles. The lowest BCUT2D eigenvalue weighted by Gasteiger charge is -2.13. The minimum Gasteiger partial charge on any atom is -0.311 e. The zero-order valence-electron chi connectivity index (χ0n) is 10.3. The van der Waals surface area contributed by atoms with Crippen LogP contribution in [0.5, 0.6) is 0 Å². The first-order valence-electron chi connectivity index (χ1n) is 5.76. The van der Waals surface area contributed by atoms with E-state index in [0.717, 1.165) is 31.7 Å². The predicted octanol–water partition coefficient (Wildman–Crippen LogP) is 1.64. The van der Waals surface area contributed by atoms with Gasteiger partial charge in [-0.3, -0.25) is 10.1 Å². The Hall–Kier alpha value is -1.46. The molecule has 0 amide bonds. The third-order valence-electron chi connectivity index (χ3n) is 2.69. The van der Waals surface area contributed by atoms with Gasteiger partial charge in [0.05, 0.1) is 4.92 Å². The molecule has 0 atom stereocenters. The number of benzene rings is 1. The first kappa shape index (κ1) is 13.6. The van der Waals surface area contributed by atoms with Crippen LogP contribution < -0.4 is 5.32 Å². The smallest absolute Gasteiger partial charge is 0.269 e. The van der Waals surface area contributed by atoms with E-state index in [1.54, 1.807) is 12.1 Å². The number of likely N-dealkylation sites (N-methyl/N-ethyl adjacent to an activating group) is 1. The van der Waals surface area contributed by atoms with Gasteiger partial charge in [-0.2, -0.15) is 0 Å². The van der Waals surface area contributed by atoms with Crippen molar-refractivity contribution in [3.8, 4) is 0 Å². The van der Waals surface area contributed by atoms with Gasteiger partial charge in [-0.25, -0.2) is 0 Å². The number of hydrogen-bond donors (Lipinski definition) is 1. The molecular formula is C12H19N3O2. The number of nitrogens with zero attached hydrogens (tertiary/aromatic N) is 2. The van der Waals surface area contributed by atoms with E-state index < -0.39 is 0 Å². The summed E-state index contributed by atoms with van der Waals surface area (Å²) < 4.78 is 0. The van der Waals surface area contributed by atoms with Crippen LogP contribution in [0.4, 0.5) is 5.69 Å². The molecule has 5 nitrogen and oxygen atoms in total. The largest absolute Gasteiger partial charge is 0.311 e. The second-order valence-electron chi connectivity index (χ2n) is 4.00. The molecule has 94 valence electrons. The molecule has 0 bridgehead atoms. The summed E-state index contributed by atoms with van der Waals surface area (Å²) in [6, 6.07) is 6.65. The van der Waals surface area contributed by atoms with Crippen LogP contribution in [0.1, 0.15) is 12.5 Å². The number of nitro benzene ring substituents is 1. The fourth-order valence-corrected chi connectivity index (χ4v) is 1.40. The SMILES string of the molecule is CCN(C)CCNCc1ccc([N+](=O)[O-])cc1. The van der Waals surface area contributed by atoms with Gasteiger partial charge in [0, 0.05) is 31.8 Å². The van der Waals surface area contributed by atoms with E-state index in [-0.39, 0.29) is 10.6 Å². The van der Waals surface area contributed by atoms with E-state index in [1.165, 1.54) is 12.1 Å². The molecule has 0 spiro atoms. The van der Waals surface area contributed by atoms with Crippen molar-refractivity contribution < 1.29 is 4.92 Å². The highest BCUT2D eigenvalue weighted by atomic mass is 16.6. The number of nitrogens with one attached hydrogen (secondary N) is 1. The van der Waals surface area contributed by atoms with Crippen molar-refractivity contribution in [1.82, 2.24) is 10.2 Å². The van der Waals surface area contributed by atoms with Crippen molar-refractivity contribution in [3.05, 3.63) is 39.9 Å². The Morgan fingerprint density at radius 2 is 2.00 bits per heavy atom. The van der Waals surface area contributed by atoms with Crippen LogP contribution >= 0.6 is 0 Å². The van der Waals surface area contributed by atoms with Crippen molar-refractivity contribution in [2.45, 2.75) is 13.5 Å². The molecule has 5 heteroatoms. The van der Waals surface area contributed by atoms with Crippen LogP contribution in [0.3, 0.4) is 0 Å². The molecule has 0 fully saturated rings. The predicted molar refractivity (Wildman–Crippen MR) is 68.0 cm³/mol. The van der Waals surface area contributed by atoms with Gasteiger partial charge in [0.2, 0.25) is 0 Å². The normalized spacial score (nSPS) is 10.8. The maximum atomic E-state index is 10.5. The van der Waals surface area contributed by atoms with E-state index in [0.29, 0.717) is 0 Å². The Morgan fingerprint density at radius 1 is 1.35 bits per heavy atom. The third-order valence-corrected chi connectivity index (χ3v) is 2.69. The van der Waals surface area contributed by atoms with Gasteiger partial charge in [0.25, 0.3) is 5.69 Å². The molecule has 1 aromatic rings. The molecule has 0 radical (unpaired) electrons. The van der Waals surface area contributed by atoms with Crippen LogP contribution in [0.25, 0.3) is 0 Å². The van der Waals surface area contributed by atoms with Gasteiger partial charge in [-0.15, -0.1) is 0 Å².